The van der Waals surface area contributed by atoms with Crippen molar-refractivity contribution in [3.05, 3.63) is 65.0 Å². The van der Waals surface area contributed by atoms with Crippen molar-refractivity contribution in [2.45, 2.75) is 31.2 Å². The van der Waals surface area contributed by atoms with E-state index in [1.807, 2.05) is 12.1 Å². The van der Waals surface area contributed by atoms with Crippen molar-refractivity contribution in [2.75, 3.05) is 5.75 Å². The third-order valence-corrected chi connectivity index (χ3v) is 4.42. The fourth-order valence-electron chi connectivity index (χ4n) is 2.02. The van der Waals surface area contributed by atoms with E-state index in [-0.39, 0.29) is 11.2 Å². The molecule has 0 saturated heterocycles. The van der Waals surface area contributed by atoms with Crippen LogP contribution in [0.3, 0.4) is 0 Å². The van der Waals surface area contributed by atoms with Crippen LogP contribution < -0.4 is 10.0 Å². The van der Waals surface area contributed by atoms with Gasteiger partial charge in [0.05, 0.1) is 5.75 Å². The van der Waals surface area contributed by atoms with E-state index in [4.69, 9.17) is 0 Å². The van der Waals surface area contributed by atoms with Crippen LogP contribution in [0.25, 0.3) is 0 Å². The summed E-state index contributed by atoms with van der Waals surface area (Å²) >= 11 is 1.08. The number of aromatic nitrogens is 1. The first-order valence-corrected chi connectivity index (χ1v) is 8.51. The number of carbonyl (C=O) groups is 2. The molecular weight excluding hydrogens is 324 g/mol. The van der Waals surface area contributed by atoms with Gasteiger partial charge in [0, 0.05) is 17.7 Å². The number of benzene rings is 1. The minimum absolute atomic E-state index is 0.00192. The highest BCUT2D eigenvalue weighted by Gasteiger charge is 2.16. The molecule has 1 heterocycles. The molecule has 24 heavy (non-hydrogen) atoms. The number of hydrogen-bond acceptors (Lipinski definition) is 4. The summed E-state index contributed by atoms with van der Waals surface area (Å²) in [5.74, 6) is -0.879. The van der Waals surface area contributed by atoms with Crippen LogP contribution in [-0.4, -0.2) is 17.6 Å². The summed E-state index contributed by atoms with van der Waals surface area (Å²) in [5.41, 5.74) is 1.55. The largest absolute Gasteiger partial charge is 0.618 e. The fourth-order valence-corrected chi connectivity index (χ4v) is 2.73. The van der Waals surface area contributed by atoms with Crippen molar-refractivity contribution in [3.63, 3.8) is 0 Å². The Kier molecular flexibility index (Phi) is 5.62. The molecule has 0 unspecified atom stereocenters. The third kappa shape index (κ3) is 4.83. The minimum Gasteiger partial charge on any atom is -0.618 e. The lowest BCUT2D eigenvalue weighted by Crippen LogP contribution is -2.33. The van der Waals surface area contributed by atoms with E-state index in [1.165, 1.54) is 6.20 Å². The summed E-state index contributed by atoms with van der Waals surface area (Å²) in [5, 5.41) is 14.2. The Morgan fingerprint density at radius 2 is 1.79 bits per heavy atom. The molecule has 0 spiro atoms. The van der Waals surface area contributed by atoms with Crippen molar-refractivity contribution in [2.24, 2.45) is 0 Å². The molecule has 0 atom stereocenters. The number of amides is 2. The summed E-state index contributed by atoms with van der Waals surface area (Å²) in [6.07, 6.45) is 1.36. The second-order valence-electron chi connectivity index (χ2n) is 6.36. The Balaban J connectivity index is 1.92. The molecule has 6 heteroatoms. The molecule has 0 aliphatic rings. The Labute approximate surface area is 145 Å². The molecule has 5 nitrogen and oxygen atoms in total. The molecule has 1 aromatic carbocycles. The van der Waals surface area contributed by atoms with E-state index < -0.39 is 11.8 Å². The quantitative estimate of drug-likeness (QED) is 0.526. The van der Waals surface area contributed by atoms with Gasteiger partial charge >= 0.3 is 0 Å². The number of rotatable bonds is 4. The molecule has 1 N–H and O–H groups in total. The monoisotopic (exact) mass is 344 g/mol. The van der Waals surface area contributed by atoms with Crippen LogP contribution in [0.15, 0.2) is 53.7 Å². The zero-order valence-corrected chi connectivity index (χ0v) is 14.7. The summed E-state index contributed by atoms with van der Waals surface area (Å²) in [7, 11) is 0. The maximum atomic E-state index is 12.1. The summed E-state index contributed by atoms with van der Waals surface area (Å²) in [4.78, 5) is 24.0. The van der Waals surface area contributed by atoms with Crippen molar-refractivity contribution in [1.82, 2.24) is 5.32 Å². The zero-order valence-electron chi connectivity index (χ0n) is 13.9. The first-order valence-electron chi connectivity index (χ1n) is 7.53. The van der Waals surface area contributed by atoms with Crippen molar-refractivity contribution in [1.29, 1.82) is 0 Å². The summed E-state index contributed by atoms with van der Waals surface area (Å²) < 4.78 is 0.686. The maximum Gasteiger partial charge on any atom is 0.257 e. The predicted octanol–water partition coefficient (Wildman–Crippen LogP) is 2.67. The van der Waals surface area contributed by atoms with Gasteiger partial charge in [0.2, 0.25) is 5.91 Å². The molecule has 0 radical (unpaired) electrons. The lowest BCUT2D eigenvalue weighted by atomic mass is 9.87. The van der Waals surface area contributed by atoms with Crippen LogP contribution >= 0.6 is 11.8 Å². The molecule has 1 aromatic heterocycles. The molecule has 0 aliphatic carbocycles. The maximum absolute atomic E-state index is 12.1. The Hall–Kier alpha value is -2.34. The van der Waals surface area contributed by atoms with Crippen molar-refractivity contribution >= 4 is 23.6 Å². The fraction of sp³-hybridized carbons (Fsp3) is 0.278. The second-order valence-corrected chi connectivity index (χ2v) is 7.35. The highest BCUT2D eigenvalue weighted by Crippen LogP contribution is 2.22. The number of imide groups is 1. The minimum atomic E-state index is -0.441. The van der Waals surface area contributed by atoms with Crippen LogP contribution in [0.5, 0.6) is 0 Å². The number of carbonyl (C=O) groups excluding carboxylic acids is 2. The van der Waals surface area contributed by atoms with Crippen LogP contribution in [0.4, 0.5) is 0 Å². The first kappa shape index (κ1) is 18.0. The SMILES string of the molecule is CC(C)(C)c1ccc(C(=O)NC(=O)CSc2cccc[n+]2[O-])cc1. The molecule has 0 bridgehead atoms. The smallest absolute Gasteiger partial charge is 0.257 e. The molecule has 0 aliphatic heterocycles. The van der Waals surface area contributed by atoms with Crippen LogP contribution in [0.2, 0.25) is 0 Å². The summed E-state index contributed by atoms with van der Waals surface area (Å²) in [6.45, 7) is 6.28. The van der Waals surface area contributed by atoms with E-state index in [2.05, 4.69) is 26.1 Å². The van der Waals surface area contributed by atoms with E-state index >= 15 is 0 Å². The molecule has 0 fully saturated rings. The first-order chi connectivity index (χ1) is 11.3. The van der Waals surface area contributed by atoms with Gasteiger partial charge in [-0.15, -0.1) is 0 Å². The predicted molar refractivity (Wildman–Crippen MR) is 93.7 cm³/mol. The molecule has 2 amide bonds. The van der Waals surface area contributed by atoms with Crippen molar-refractivity contribution < 1.29 is 14.3 Å². The van der Waals surface area contributed by atoms with Crippen LogP contribution in [0.1, 0.15) is 36.7 Å². The van der Waals surface area contributed by atoms with E-state index in [9.17, 15) is 14.8 Å². The van der Waals surface area contributed by atoms with E-state index in [1.54, 1.807) is 30.3 Å². The Morgan fingerprint density at radius 3 is 2.38 bits per heavy atom. The molecule has 0 saturated carbocycles. The van der Waals surface area contributed by atoms with Gasteiger partial charge in [0.25, 0.3) is 10.9 Å². The number of pyridine rings is 1. The highest BCUT2D eigenvalue weighted by molar-refractivity contribution is 7.99. The zero-order chi connectivity index (χ0) is 17.7. The van der Waals surface area contributed by atoms with Gasteiger partial charge in [0.1, 0.15) is 0 Å². The molecular formula is C18H20N2O3S. The Bertz CT molecular complexity index is 737. The van der Waals surface area contributed by atoms with Gasteiger partial charge in [-0.05, 0) is 40.9 Å². The lowest BCUT2D eigenvalue weighted by molar-refractivity contribution is -0.645. The number of hydrogen-bond donors (Lipinski definition) is 1. The van der Waals surface area contributed by atoms with E-state index in [0.717, 1.165) is 17.3 Å². The molecule has 2 aromatic rings. The normalized spacial score (nSPS) is 11.1. The third-order valence-electron chi connectivity index (χ3n) is 3.41. The molecule has 2 rings (SSSR count). The van der Waals surface area contributed by atoms with Crippen LogP contribution in [0, 0.1) is 5.21 Å². The van der Waals surface area contributed by atoms with Gasteiger partial charge in [-0.1, -0.05) is 32.9 Å². The molecule has 126 valence electrons. The standard InChI is InChI=1S/C18H20N2O3S/c1-18(2,3)14-9-7-13(8-10-14)17(22)19-15(21)12-24-16-6-4-5-11-20(16)23/h4-11H,12H2,1-3H3,(H,19,21,22). The van der Waals surface area contributed by atoms with Gasteiger partial charge in [-0.3, -0.25) is 14.9 Å². The topological polar surface area (TPSA) is 73.1 Å². The van der Waals surface area contributed by atoms with Gasteiger partial charge in [0.15, 0.2) is 6.20 Å². The summed E-state index contributed by atoms with van der Waals surface area (Å²) in [6, 6.07) is 12.1. The lowest BCUT2D eigenvalue weighted by Gasteiger charge is -2.18. The second kappa shape index (κ2) is 7.49. The van der Waals surface area contributed by atoms with Crippen molar-refractivity contribution in [3.8, 4) is 0 Å². The van der Waals surface area contributed by atoms with Gasteiger partial charge < -0.3 is 5.21 Å². The average Bonchev–Trinajstić information content (AvgIpc) is 2.53. The number of thioether (sulfide) groups is 1. The number of nitrogens with one attached hydrogen (secondary N) is 1. The Morgan fingerprint density at radius 1 is 1.12 bits per heavy atom. The van der Waals surface area contributed by atoms with Gasteiger partial charge in [-0.2, -0.15) is 4.73 Å². The average molecular weight is 344 g/mol. The van der Waals surface area contributed by atoms with E-state index in [0.29, 0.717) is 15.3 Å². The van der Waals surface area contributed by atoms with Gasteiger partial charge in [-0.25, -0.2) is 0 Å². The van der Waals surface area contributed by atoms with Crippen LogP contribution in [-0.2, 0) is 10.2 Å². The highest BCUT2D eigenvalue weighted by atomic mass is 32.2. The number of nitrogens with zero attached hydrogens (tertiary/aromatic N) is 1.